The lowest BCUT2D eigenvalue weighted by Gasteiger charge is -2.18. The Kier molecular flexibility index (Phi) is 5.65. The Morgan fingerprint density at radius 1 is 1.04 bits per heavy atom. The molecular weight excluding hydrogens is 320 g/mol. The number of aromatic nitrogens is 2. The summed E-state index contributed by atoms with van der Waals surface area (Å²) in [6.45, 7) is 1.06. The molecule has 0 fully saturated rings. The average molecular weight is 338 g/mol. The maximum absolute atomic E-state index is 12.6. The maximum atomic E-state index is 12.6. The van der Waals surface area contributed by atoms with Crippen LogP contribution in [0.25, 0.3) is 0 Å². The van der Waals surface area contributed by atoms with Gasteiger partial charge in [-0.1, -0.05) is 6.07 Å². The van der Waals surface area contributed by atoms with Gasteiger partial charge >= 0.3 is 0 Å². The number of hydrogen-bond donors (Lipinski definition) is 2. The van der Waals surface area contributed by atoms with Gasteiger partial charge in [0.2, 0.25) is 5.91 Å². The number of pyridine rings is 2. The quantitative estimate of drug-likeness (QED) is 0.695. The predicted molar refractivity (Wildman–Crippen MR) is 94.2 cm³/mol. The van der Waals surface area contributed by atoms with E-state index in [1.54, 1.807) is 36.1 Å². The van der Waals surface area contributed by atoms with Crippen molar-refractivity contribution in [1.82, 2.24) is 20.6 Å². The molecule has 0 saturated heterocycles. The van der Waals surface area contributed by atoms with Crippen LogP contribution >= 0.6 is 11.3 Å². The van der Waals surface area contributed by atoms with Crippen molar-refractivity contribution >= 4 is 17.2 Å². The van der Waals surface area contributed by atoms with Gasteiger partial charge in [0.1, 0.15) is 6.04 Å². The van der Waals surface area contributed by atoms with Crippen molar-refractivity contribution in [2.45, 2.75) is 19.1 Å². The van der Waals surface area contributed by atoms with Gasteiger partial charge in [-0.3, -0.25) is 20.1 Å². The van der Waals surface area contributed by atoms with E-state index in [1.807, 2.05) is 41.1 Å². The number of carbonyl (C=O) groups excluding carboxylic acids is 1. The normalized spacial score (nSPS) is 11.8. The Hall–Kier alpha value is -2.57. The molecule has 0 aromatic carbocycles. The fraction of sp³-hybridized carbons (Fsp3) is 0.167. The monoisotopic (exact) mass is 338 g/mol. The van der Waals surface area contributed by atoms with Crippen molar-refractivity contribution in [3.8, 4) is 0 Å². The number of nitrogens with zero attached hydrogens (tertiary/aromatic N) is 2. The first-order valence-corrected chi connectivity index (χ1v) is 8.58. The molecule has 3 aromatic rings. The largest absolute Gasteiger partial charge is 0.350 e. The SMILES string of the molecule is O=C(NCc1ccncc1)C(NCc1cccnc1)c1ccsc1. The molecule has 122 valence electrons. The van der Waals surface area contributed by atoms with Gasteiger partial charge in [-0.15, -0.1) is 0 Å². The summed E-state index contributed by atoms with van der Waals surface area (Å²) in [7, 11) is 0. The van der Waals surface area contributed by atoms with Crippen molar-refractivity contribution in [3.63, 3.8) is 0 Å². The third-order valence-corrected chi connectivity index (χ3v) is 4.29. The summed E-state index contributed by atoms with van der Waals surface area (Å²) in [4.78, 5) is 20.7. The molecule has 0 radical (unpaired) electrons. The highest BCUT2D eigenvalue weighted by Crippen LogP contribution is 2.17. The molecule has 0 bridgehead atoms. The fourth-order valence-corrected chi connectivity index (χ4v) is 3.00. The summed E-state index contributed by atoms with van der Waals surface area (Å²) in [5, 5.41) is 10.3. The molecule has 0 spiro atoms. The molecule has 0 aliphatic heterocycles. The molecule has 3 rings (SSSR count). The van der Waals surface area contributed by atoms with Crippen LogP contribution in [0.3, 0.4) is 0 Å². The van der Waals surface area contributed by atoms with Crippen LogP contribution in [0.2, 0.25) is 0 Å². The molecule has 0 aliphatic rings. The van der Waals surface area contributed by atoms with Crippen LogP contribution in [0, 0.1) is 0 Å². The van der Waals surface area contributed by atoms with Crippen LogP contribution in [0.4, 0.5) is 0 Å². The zero-order chi connectivity index (χ0) is 16.6. The number of thiophene rings is 1. The molecule has 3 heterocycles. The van der Waals surface area contributed by atoms with Crippen molar-refractivity contribution in [2.24, 2.45) is 0 Å². The van der Waals surface area contributed by atoms with E-state index in [4.69, 9.17) is 0 Å². The van der Waals surface area contributed by atoms with E-state index in [9.17, 15) is 4.79 Å². The van der Waals surface area contributed by atoms with Gasteiger partial charge in [0.25, 0.3) is 0 Å². The summed E-state index contributed by atoms with van der Waals surface area (Å²) >= 11 is 1.58. The summed E-state index contributed by atoms with van der Waals surface area (Å²) < 4.78 is 0. The van der Waals surface area contributed by atoms with E-state index in [-0.39, 0.29) is 5.91 Å². The molecule has 1 unspecified atom stereocenters. The van der Waals surface area contributed by atoms with Gasteiger partial charge in [0.05, 0.1) is 0 Å². The summed E-state index contributed by atoms with van der Waals surface area (Å²) in [5.41, 5.74) is 3.03. The van der Waals surface area contributed by atoms with Crippen LogP contribution < -0.4 is 10.6 Å². The average Bonchev–Trinajstić information content (AvgIpc) is 3.16. The van der Waals surface area contributed by atoms with Crippen LogP contribution in [0.15, 0.2) is 65.9 Å². The Labute approximate surface area is 144 Å². The second kappa shape index (κ2) is 8.33. The Balaban J connectivity index is 1.64. The Morgan fingerprint density at radius 2 is 1.92 bits per heavy atom. The molecule has 1 amide bonds. The second-order valence-electron chi connectivity index (χ2n) is 5.31. The molecule has 0 saturated carbocycles. The number of hydrogen-bond acceptors (Lipinski definition) is 5. The maximum Gasteiger partial charge on any atom is 0.242 e. The van der Waals surface area contributed by atoms with Crippen molar-refractivity contribution in [2.75, 3.05) is 0 Å². The van der Waals surface area contributed by atoms with Gasteiger partial charge < -0.3 is 5.32 Å². The zero-order valence-corrected chi connectivity index (χ0v) is 13.9. The number of amides is 1. The van der Waals surface area contributed by atoms with Gasteiger partial charge in [-0.25, -0.2) is 0 Å². The molecule has 24 heavy (non-hydrogen) atoms. The summed E-state index contributed by atoms with van der Waals surface area (Å²) in [5.74, 6) is -0.0471. The van der Waals surface area contributed by atoms with E-state index in [0.29, 0.717) is 13.1 Å². The third-order valence-electron chi connectivity index (χ3n) is 3.59. The lowest BCUT2D eigenvalue weighted by atomic mass is 10.1. The highest BCUT2D eigenvalue weighted by atomic mass is 32.1. The number of nitrogens with one attached hydrogen (secondary N) is 2. The van der Waals surface area contributed by atoms with Gasteiger partial charge in [-0.2, -0.15) is 11.3 Å². The van der Waals surface area contributed by atoms with Crippen molar-refractivity contribution in [1.29, 1.82) is 0 Å². The van der Waals surface area contributed by atoms with Gasteiger partial charge in [0, 0.05) is 37.9 Å². The first-order valence-electron chi connectivity index (χ1n) is 7.64. The van der Waals surface area contributed by atoms with E-state index < -0.39 is 6.04 Å². The number of carbonyl (C=O) groups is 1. The highest BCUT2D eigenvalue weighted by molar-refractivity contribution is 7.08. The zero-order valence-electron chi connectivity index (χ0n) is 13.1. The topological polar surface area (TPSA) is 66.9 Å². The van der Waals surface area contributed by atoms with Gasteiger partial charge in [-0.05, 0) is 51.7 Å². The van der Waals surface area contributed by atoms with Crippen LogP contribution in [-0.2, 0) is 17.9 Å². The molecule has 1 atom stereocenters. The predicted octanol–water partition coefficient (Wildman–Crippen LogP) is 2.69. The highest BCUT2D eigenvalue weighted by Gasteiger charge is 2.20. The van der Waals surface area contributed by atoms with Gasteiger partial charge in [0.15, 0.2) is 0 Å². The van der Waals surface area contributed by atoms with Crippen LogP contribution in [0.1, 0.15) is 22.7 Å². The first-order chi connectivity index (χ1) is 11.8. The molecule has 0 aliphatic carbocycles. The summed E-state index contributed by atoms with van der Waals surface area (Å²) in [6.07, 6.45) is 6.98. The minimum Gasteiger partial charge on any atom is -0.350 e. The van der Waals surface area contributed by atoms with Crippen LogP contribution in [-0.4, -0.2) is 15.9 Å². The molecule has 3 aromatic heterocycles. The minimum atomic E-state index is -0.390. The van der Waals surface area contributed by atoms with Crippen molar-refractivity contribution < 1.29 is 4.79 Å². The minimum absolute atomic E-state index is 0.0471. The number of rotatable bonds is 7. The molecule has 5 nitrogen and oxygen atoms in total. The van der Waals surface area contributed by atoms with E-state index in [2.05, 4.69) is 20.6 Å². The van der Waals surface area contributed by atoms with Crippen LogP contribution in [0.5, 0.6) is 0 Å². The van der Waals surface area contributed by atoms with E-state index in [0.717, 1.165) is 16.7 Å². The fourth-order valence-electron chi connectivity index (χ4n) is 2.32. The van der Waals surface area contributed by atoms with Crippen molar-refractivity contribution in [3.05, 3.63) is 82.6 Å². The standard InChI is InChI=1S/C18H18N4OS/c23-18(22-11-14-3-7-19-8-4-14)17(16-5-9-24-13-16)21-12-15-2-1-6-20-10-15/h1-10,13,17,21H,11-12H2,(H,22,23). The smallest absolute Gasteiger partial charge is 0.242 e. The molecular formula is C18H18N4OS. The lowest BCUT2D eigenvalue weighted by Crippen LogP contribution is -2.36. The molecule has 2 N–H and O–H groups in total. The Morgan fingerprint density at radius 3 is 2.62 bits per heavy atom. The first kappa shape index (κ1) is 16.3. The molecule has 6 heteroatoms. The Bertz CT molecular complexity index is 747. The van der Waals surface area contributed by atoms with E-state index in [1.165, 1.54) is 0 Å². The third kappa shape index (κ3) is 4.47. The van der Waals surface area contributed by atoms with E-state index >= 15 is 0 Å². The second-order valence-corrected chi connectivity index (χ2v) is 6.09. The summed E-state index contributed by atoms with van der Waals surface area (Å²) in [6, 6.07) is 9.24. The lowest BCUT2D eigenvalue weighted by molar-refractivity contribution is -0.123.